The summed E-state index contributed by atoms with van der Waals surface area (Å²) in [6, 6.07) is 12.3. The van der Waals surface area contributed by atoms with Gasteiger partial charge in [-0.25, -0.2) is 0 Å². The number of hydrogen-bond acceptors (Lipinski definition) is 4. The molecule has 0 aliphatic heterocycles. The molecule has 0 amide bonds. The van der Waals surface area contributed by atoms with Crippen LogP contribution in [0.3, 0.4) is 0 Å². The molecule has 0 heterocycles. The predicted molar refractivity (Wildman–Crippen MR) is 80.6 cm³/mol. The maximum atomic E-state index is 12.8. The largest absolute Gasteiger partial charge is 0.497 e. The van der Waals surface area contributed by atoms with Crippen molar-refractivity contribution in [3.8, 4) is 17.2 Å². The van der Waals surface area contributed by atoms with Crippen LogP contribution in [0.5, 0.6) is 17.2 Å². The molecule has 0 spiro atoms. The summed E-state index contributed by atoms with van der Waals surface area (Å²) in [7, 11) is 3.09. The summed E-state index contributed by atoms with van der Waals surface area (Å²) >= 11 is 0. The molecule has 4 heteroatoms. The standard InChI is InChI=1S/C17H18O4/c1-4-21-16-8-6-5-7-13(16)17(18)14-11-12(19-2)9-10-15(14)20-3/h5-11H,4H2,1-3H3. The van der Waals surface area contributed by atoms with Crippen LogP contribution in [0.4, 0.5) is 0 Å². The molecule has 0 aromatic heterocycles. The minimum atomic E-state index is -0.158. The molecular formula is C17H18O4. The fourth-order valence-electron chi connectivity index (χ4n) is 2.07. The molecule has 110 valence electrons. The zero-order valence-corrected chi connectivity index (χ0v) is 12.4. The van der Waals surface area contributed by atoms with Gasteiger partial charge >= 0.3 is 0 Å². The van der Waals surface area contributed by atoms with Crippen LogP contribution in [0.15, 0.2) is 42.5 Å². The lowest BCUT2D eigenvalue weighted by atomic mass is 10.0. The van der Waals surface area contributed by atoms with E-state index < -0.39 is 0 Å². The second kappa shape index (κ2) is 6.79. The molecule has 0 bridgehead atoms. The van der Waals surface area contributed by atoms with Gasteiger partial charge in [0.15, 0.2) is 0 Å². The summed E-state index contributed by atoms with van der Waals surface area (Å²) in [6.45, 7) is 2.38. The molecule has 0 aliphatic rings. The van der Waals surface area contributed by atoms with Crippen LogP contribution >= 0.6 is 0 Å². The summed E-state index contributed by atoms with van der Waals surface area (Å²) in [5.41, 5.74) is 0.954. The zero-order chi connectivity index (χ0) is 15.2. The first-order valence-corrected chi connectivity index (χ1v) is 6.69. The van der Waals surface area contributed by atoms with Gasteiger partial charge in [0, 0.05) is 0 Å². The summed E-state index contributed by atoms with van der Waals surface area (Å²) in [6.07, 6.45) is 0. The molecule has 0 radical (unpaired) electrons. The molecule has 0 saturated heterocycles. The van der Waals surface area contributed by atoms with Crippen LogP contribution in [0.1, 0.15) is 22.8 Å². The maximum Gasteiger partial charge on any atom is 0.200 e. The van der Waals surface area contributed by atoms with Gasteiger partial charge in [0.25, 0.3) is 0 Å². The van der Waals surface area contributed by atoms with Crippen molar-refractivity contribution in [3.05, 3.63) is 53.6 Å². The molecule has 0 atom stereocenters. The first kappa shape index (κ1) is 14.9. The Kier molecular flexibility index (Phi) is 4.82. The molecule has 2 aromatic carbocycles. The average Bonchev–Trinajstić information content (AvgIpc) is 2.54. The number of ether oxygens (including phenoxy) is 3. The number of rotatable bonds is 6. The number of carbonyl (C=O) groups is 1. The number of ketones is 1. The molecule has 2 aromatic rings. The van der Waals surface area contributed by atoms with E-state index >= 15 is 0 Å². The molecule has 21 heavy (non-hydrogen) atoms. The van der Waals surface area contributed by atoms with Crippen molar-refractivity contribution in [3.63, 3.8) is 0 Å². The SMILES string of the molecule is CCOc1ccccc1C(=O)c1cc(OC)ccc1OC. The Hall–Kier alpha value is -2.49. The maximum absolute atomic E-state index is 12.8. The van der Waals surface area contributed by atoms with Gasteiger partial charge in [-0.15, -0.1) is 0 Å². The Balaban J connectivity index is 2.49. The van der Waals surface area contributed by atoms with Crippen LogP contribution in [0.2, 0.25) is 0 Å². The molecule has 0 fully saturated rings. The van der Waals surface area contributed by atoms with E-state index in [2.05, 4.69) is 0 Å². The van der Waals surface area contributed by atoms with E-state index in [1.807, 2.05) is 19.1 Å². The molecule has 0 unspecified atom stereocenters. The van der Waals surface area contributed by atoms with E-state index in [1.54, 1.807) is 37.4 Å². The van der Waals surface area contributed by atoms with Gasteiger partial charge in [-0.1, -0.05) is 12.1 Å². The summed E-state index contributed by atoms with van der Waals surface area (Å²) < 4.78 is 16.0. The van der Waals surface area contributed by atoms with Crippen LogP contribution in [-0.4, -0.2) is 26.6 Å². The average molecular weight is 286 g/mol. The third-order valence-corrected chi connectivity index (χ3v) is 3.08. The van der Waals surface area contributed by atoms with Gasteiger partial charge in [-0.2, -0.15) is 0 Å². The Labute approximate surface area is 124 Å². The predicted octanol–water partition coefficient (Wildman–Crippen LogP) is 3.33. The monoisotopic (exact) mass is 286 g/mol. The number of para-hydroxylation sites is 1. The third kappa shape index (κ3) is 3.16. The Morgan fingerprint density at radius 1 is 0.952 bits per heavy atom. The number of methoxy groups -OCH3 is 2. The van der Waals surface area contributed by atoms with Gasteiger partial charge < -0.3 is 14.2 Å². The lowest BCUT2D eigenvalue weighted by Crippen LogP contribution is -2.07. The molecule has 0 aliphatic carbocycles. The van der Waals surface area contributed by atoms with Crippen molar-refractivity contribution in [1.29, 1.82) is 0 Å². The van der Waals surface area contributed by atoms with E-state index in [0.29, 0.717) is 35.0 Å². The first-order valence-electron chi connectivity index (χ1n) is 6.69. The van der Waals surface area contributed by atoms with Crippen molar-refractivity contribution >= 4 is 5.78 Å². The highest BCUT2D eigenvalue weighted by Crippen LogP contribution is 2.29. The number of hydrogen-bond donors (Lipinski definition) is 0. The van der Waals surface area contributed by atoms with Gasteiger partial charge in [0.05, 0.1) is 32.0 Å². The second-order valence-corrected chi connectivity index (χ2v) is 4.32. The minimum Gasteiger partial charge on any atom is -0.497 e. The molecule has 4 nitrogen and oxygen atoms in total. The van der Waals surface area contributed by atoms with Gasteiger partial charge in [0.1, 0.15) is 17.2 Å². The smallest absolute Gasteiger partial charge is 0.200 e. The fraction of sp³-hybridized carbons (Fsp3) is 0.235. The number of carbonyl (C=O) groups excluding carboxylic acids is 1. The van der Waals surface area contributed by atoms with Crippen LogP contribution in [-0.2, 0) is 0 Å². The molecule has 0 N–H and O–H groups in total. The second-order valence-electron chi connectivity index (χ2n) is 4.32. The molecule has 0 saturated carbocycles. The Morgan fingerprint density at radius 3 is 2.38 bits per heavy atom. The summed E-state index contributed by atoms with van der Waals surface area (Å²) in [5.74, 6) is 1.52. The summed E-state index contributed by atoms with van der Waals surface area (Å²) in [5, 5.41) is 0. The Bertz CT molecular complexity index is 634. The van der Waals surface area contributed by atoms with E-state index in [4.69, 9.17) is 14.2 Å². The lowest BCUT2D eigenvalue weighted by Gasteiger charge is -2.12. The highest BCUT2D eigenvalue weighted by atomic mass is 16.5. The van der Waals surface area contributed by atoms with E-state index in [-0.39, 0.29) is 5.78 Å². The van der Waals surface area contributed by atoms with Gasteiger partial charge in [-0.05, 0) is 37.3 Å². The fourth-order valence-corrected chi connectivity index (χ4v) is 2.07. The van der Waals surface area contributed by atoms with Crippen molar-refractivity contribution in [2.24, 2.45) is 0 Å². The van der Waals surface area contributed by atoms with Gasteiger partial charge in [-0.3, -0.25) is 4.79 Å². The molecular weight excluding hydrogens is 268 g/mol. The zero-order valence-electron chi connectivity index (χ0n) is 12.4. The highest BCUT2D eigenvalue weighted by Gasteiger charge is 2.19. The quantitative estimate of drug-likeness (QED) is 0.764. The topological polar surface area (TPSA) is 44.8 Å². The Morgan fingerprint density at radius 2 is 1.71 bits per heavy atom. The highest BCUT2D eigenvalue weighted by molar-refractivity contribution is 6.12. The van der Waals surface area contributed by atoms with Crippen LogP contribution in [0, 0.1) is 0 Å². The molecule has 2 rings (SSSR count). The third-order valence-electron chi connectivity index (χ3n) is 3.08. The van der Waals surface area contributed by atoms with E-state index in [0.717, 1.165) is 0 Å². The van der Waals surface area contributed by atoms with Crippen molar-refractivity contribution in [2.75, 3.05) is 20.8 Å². The first-order chi connectivity index (χ1) is 10.2. The van der Waals surface area contributed by atoms with Gasteiger partial charge in [0.2, 0.25) is 5.78 Å². The lowest BCUT2D eigenvalue weighted by molar-refractivity contribution is 0.103. The van der Waals surface area contributed by atoms with Crippen molar-refractivity contribution < 1.29 is 19.0 Å². The van der Waals surface area contributed by atoms with Crippen molar-refractivity contribution in [2.45, 2.75) is 6.92 Å². The van der Waals surface area contributed by atoms with Crippen LogP contribution < -0.4 is 14.2 Å². The minimum absolute atomic E-state index is 0.158. The van der Waals surface area contributed by atoms with Crippen LogP contribution in [0.25, 0.3) is 0 Å². The summed E-state index contributed by atoms with van der Waals surface area (Å²) in [4.78, 5) is 12.8. The van der Waals surface area contributed by atoms with Crippen molar-refractivity contribution in [1.82, 2.24) is 0 Å². The number of benzene rings is 2. The van der Waals surface area contributed by atoms with E-state index in [9.17, 15) is 4.79 Å². The van der Waals surface area contributed by atoms with E-state index in [1.165, 1.54) is 7.11 Å². The normalized spacial score (nSPS) is 10.0.